The topological polar surface area (TPSA) is 69.6 Å². The van der Waals surface area contributed by atoms with Crippen molar-refractivity contribution in [2.45, 2.75) is 26.3 Å². The number of carbonyl (C=O) groups is 2. The summed E-state index contributed by atoms with van der Waals surface area (Å²) in [5.41, 5.74) is 0. The van der Waals surface area contributed by atoms with Crippen molar-refractivity contribution in [3.8, 4) is 0 Å². The number of likely N-dealkylation sites (tertiary alicyclic amines) is 1. The zero-order valence-electron chi connectivity index (χ0n) is 9.19. The van der Waals surface area contributed by atoms with E-state index in [0.29, 0.717) is 6.54 Å². The number of carboxylic acids is 1. The van der Waals surface area contributed by atoms with E-state index in [4.69, 9.17) is 5.11 Å². The molecule has 86 valence electrons. The fourth-order valence-corrected chi connectivity index (χ4v) is 1.65. The van der Waals surface area contributed by atoms with Crippen LogP contribution in [0.15, 0.2) is 0 Å². The minimum absolute atomic E-state index is 0.0153. The van der Waals surface area contributed by atoms with Crippen molar-refractivity contribution in [2.24, 2.45) is 5.92 Å². The fraction of sp³-hybridized carbons (Fsp3) is 0.800. The summed E-state index contributed by atoms with van der Waals surface area (Å²) in [6.07, 6.45) is 0.839. The lowest BCUT2D eigenvalue weighted by Gasteiger charge is -2.15. The van der Waals surface area contributed by atoms with Gasteiger partial charge in [0.25, 0.3) is 0 Å². The van der Waals surface area contributed by atoms with Gasteiger partial charge >= 0.3 is 5.97 Å². The fourth-order valence-electron chi connectivity index (χ4n) is 1.65. The summed E-state index contributed by atoms with van der Waals surface area (Å²) in [4.78, 5) is 23.7. The van der Waals surface area contributed by atoms with Crippen molar-refractivity contribution in [1.82, 2.24) is 10.2 Å². The summed E-state index contributed by atoms with van der Waals surface area (Å²) in [5, 5.41) is 11.5. The molecule has 1 heterocycles. The first-order valence-corrected chi connectivity index (χ1v) is 5.23. The maximum atomic E-state index is 11.4. The Morgan fingerprint density at radius 1 is 1.53 bits per heavy atom. The van der Waals surface area contributed by atoms with Crippen molar-refractivity contribution >= 4 is 11.9 Å². The molecule has 0 bridgehead atoms. The lowest BCUT2D eigenvalue weighted by atomic mass is 10.2. The second kappa shape index (κ2) is 5.11. The predicted octanol–water partition coefficient (Wildman–Crippen LogP) is -0.0825. The molecule has 2 N–H and O–H groups in total. The number of rotatable bonds is 4. The first-order valence-electron chi connectivity index (χ1n) is 5.23. The Hall–Kier alpha value is -1.10. The second-order valence-corrected chi connectivity index (χ2v) is 4.28. The molecule has 1 saturated heterocycles. The number of nitrogens with zero attached hydrogens (tertiary/aromatic N) is 1. The molecule has 0 unspecified atom stereocenters. The Kier molecular flexibility index (Phi) is 4.08. The quantitative estimate of drug-likeness (QED) is 0.686. The van der Waals surface area contributed by atoms with Crippen LogP contribution in [0.3, 0.4) is 0 Å². The van der Waals surface area contributed by atoms with Crippen LogP contribution in [0, 0.1) is 5.92 Å². The highest BCUT2D eigenvalue weighted by molar-refractivity contribution is 5.78. The molecule has 1 fully saturated rings. The number of carboxylic acid groups (broad SMARTS) is 1. The number of amides is 1. The zero-order chi connectivity index (χ0) is 11.4. The summed E-state index contributed by atoms with van der Waals surface area (Å²) in [6, 6.07) is 0.110. The third-order valence-corrected chi connectivity index (χ3v) is 2.50. The van der Waals surface area contributed by atoms with Gasteiger partial charge in [-0.1, -0.05) is 13.8 Å². The van der Waals surface area contributed by atoms with Crippen LogP contribution in [0.4, 0.5) is 0 Å². The molecule has 5 heteroatoms. The van der Waals surface area contributed by atoms with E-state index in [1.54, 1.807) is 0 Å². The zero-order valence-corrected chi connectivity index (χ0v) is 9.19. The first kappa shape index (κ1) is 12.0. The number of hydrogen-bond donors (Lipinski definition) is 2. The van der Waals surface area contributed by atoms with Gasteiger partial charge in [0, 0.05) is 25.0 Å². The highest BCUT2D eigenvalue weighted by Gasteiger charge is 2.25. The van der Waals surface area contributed by atoms with Gasteiger partial charge in [0.05, 0.1) is 6.54 Å². The monoisotopic (exact) mass is 214 g/mol. The molecule has 5 nitrogen and oxygen atoms in total. The molecule has 15 heavy (non-hydrogen) atoms. The van der Waals surface area contributed by atoms with Crippen LogP contribution in [0.25, 0.3) is 0 Å². The lowest BCUT2D eigenvalue weighted by molar-refractivity contribution is -0.138. The maximum Gasteiger partial charge on any atom is 0.317 e. The molecule has 1 atom stereocenters. The summed E-state index contributed by atoms with van der Waals surface area (Å²) >= 11 is 0. The molecular weight excluding hydrogens is 196 g/mol. The number of nitrogens with one attached hydrogen (secondary N) is 1. The standard InChI is InChI=1S/C10H18N2O3/c1-7(2)10(15)11-8-3-4-12(5-8)6-9(13)14/h7-8H,3-6H2,1-2H3,(H,11,15)(H,13,14)/t8-/m1/s1. The molecule has 0 aromatic carbocycles. The molecule has 1 aliphatic heterocycles. The Labute approximate surface area is 89.4 Å². The van der Waals surface area contributed by atoms with Gasteiger partial charge in [-0.3, -0.25) is 14.5 Å². The largest absolute Gasteiger partial charge is 0.480 e. The van der Waals surface area contributed by atoms with E-state index >= 15 is 0 Å². The van der Waals surface area contributed by atoms with E-state index in [-0.39, 0.29) is 24.4 Å². The van der Waals surface area contributed by atoms with Gasteiger partial charge in [0.15, 0.2) is 0 Å². The molecule has 0 aliphatic carbocycles. The van der Waals surface area contributed by atoms with Crippen LogP contribution >= 0.6 is 0 Å². The maximum absolute atomic E-state index is 11.4. The smallest absolute Gasteiger partial charge is 0.317 e. The molecule has 1 rings (SSSR count). The third-order valence-electron chi connectivity index (χ3n) is 2.50. The minimum atomic E-state index is -0.814. The lowest BCUT2D eigenvalue weighted by Crippen LogP contribution is -2.39. The second-order valence-electron chi connectivity index (χ2n) is 4.28. The Balaban J connectivity index is 2.30. The van der Waals surface area contributed by atoms with Gasteiger partial charge in [-0.2, -0.15) is 0 Å². The Morgan fingerprint density at radius 3 is 2.73 bits per heavy atom. The highest BCUT2D eigenvalue weighted by atomic mass is 16.4. The van der Waals surface area contributed by atoms with Gasteiger partial charge in [-0.15, -0.1) is 0 Å². The average molecular weight is 214 g/mol. The van der Waals surface area contributed by atoms with Gasteiger partial charge in [-0.25, -0.2) is 0 Å². The van der Waals surface area contributed by atoms with Crippen molar-refractivity contribution in [1.29, 1.82) is 0 Å². The molecule has 0 saturated carbocycles. The van der Waals surface area contributed by atoms with E-state index in [2.05, 4.69) is 5.32 Å². The summed E-state index contributed by atoms with van der Waals surface area (Å²) < 4.78 is 0. The number of aliphatic carboxylic acids is 1. The van der Waals surface area contributed by atoms with E-state index in [0.717, 1.165) is 13.0 Å². The molecule has 0 spiro atoms. The number of carbonyl (C=O) groups excluding carboxylic acids is 1. The molecule has 0 aromatic rings. The normalized spacial score (nSPS) is 21.9. The van der Waals surface area contributed by atoms with Crippen molar-refractivity contribution < 1.29 is 14.7 Å². The summed E-state index contributed by atoms with van der Waals surface area (Å²) in [6.45, 7) is 5.15. The summed E-state index contributed by atoms with van der Waals surface area (Å²) in [7, 11) is 0. The van der Waals surface area contributed by atoms with Crippen molar-refractivity contribution in [3.63, 3.8) is 0 Å². The van der Waals surface area contributed by atoms with Crippen LogP contribution in [-0.4, -0.2) is 47.6 Å². The first-order chi connectivity index (χ1) is 6.99. The highest BCUT2D eigenvalue weighted by Crippen LogP contribution is 2.09. The third kappa shape index (κ3) is 3.87. The minimum Gasteiger partial charge on any atom is -0.480 e. The molecular formula is C10H18N2O3. The molecule has 0 radical (unpaired) electrons. The van der Waals surface area contributed by atoms with Crippen LogP contribution in [0.2, 0.25) is 0 Å². The predicted molar refractivity (Wildman–Crippen MR) is 55.5 cm³/mol. The van der Waals surface area contributed by atoms with Crippen LogP contribution in [0.1, 0.15) is 20.3 Å². The molecule has 1 aliphatic rings. The SMILES string of the molecule is CC(C)C(=O)N[C@@H]1CCN(CC(=O)O)C1. The molecule has 1 amide bonds. The van der Waals surface area contributed by atoms with Crippen LogP contribution in [-0.2, 0) is 9.59 Å². The van der Waals surface area contributed by atoms with Crippen molar-refractivity contribution in [2.75, 3.05) is 19.6 Å². The van der Waals surface area contributed by atoms with Gasteiger partial charge in [0.2, 0.25) is 5.91 Å². The van der Waals surface area contributed by atoms with E-state index in [1.807, 2.05) is 18.7 Å². The van der Waals surface area contributed by atoms with E-state index in [1.165, 1.54) is 0 Å². The van der Waals surface area contributed by atoms with Crippen LogP contribution < -0.4 is 5.32 Å². The average Bonchev–Trinajstić information content (AvgIpc) is 2.51. The van der Waals surface area contributed by atoms with Crippen molar-refractivity contribution in [3.05, 3.63) is 0 Å². The van der Waals surface area contributed by atoms with Crippen LogP contribution in [0.5, 0.6) is 0 Å². The van der Waals surface area contributed by atoms with Gasteiger partial charge in [-0.05, 0) is 6.42 Å². The Bertz CT molecular complexity index is 253. The number of hydrogen-bond acceptors (Lipinski definition) is 3. The van der Waals surface area contributed by atoms with Gasteiger partial charge in [0.1, 0.15) is 0 Å². The molecule has 0 aromatic heterocycles. The Morgan fingerprint density at radius 2 is 2.20 bits per heavy atom. The van der Waals surface area contributed by atoms with Gasteiger partial charge < -0.3 is 10.4 Å². The summed E-state index contributed by atoms with van der Waals surface area (Å²) in [5.74, 6) is -0.790. The van der Waals surface area contributed by atoms with E-state index in [9.17, 15) is 9.59 Å². The van der Waals surface area contributed by atoms with E-state index < -0.39 is 5.97 Å².